The average Bonchev–Trinajstić information content (AvgIpc) is 1.84. The minimum absolute atomic E-state index is 0.125. The summed E-state index contributed by atoms with van der Waals surface area (Å²) in [6, 6.07) is 0. The lowest BCUT2D eigenvalue weighted by Gasteiger charge is -2.18. The van der Waals surface area contributed by atoms with E-state index in [1.807, 2.05) is 20.8 Å². The van der Waals surface area contributed by atoms with Crippen molar-refractivity contribution in [2.45, 2.75) is 38.7 Å². The summed E-state index contributed by atoms with van der Waals surface area (Å²) in [5.74, 6) is 0.317. The van der Waals surface area contributed by atoms with Crippen LogP contribution < -0.4 is 0 Å². The Morgan fingerprint density at radius 3 is 2.00 bits per heavy atom. The largest absolute Gasteiger partial charge is 0.391 e. The topological polar surface area (TPSA) is 20.2 Å². The molecule has 0 aromatic heterocycles. The highest BCUT2D eigenvalue weighted by Gasteiger charge is 2.16. The Labute approximate surface area is 62.0 Å². The van der Waals surface area contributed by atoms with E-state index in [1.54, 1.807) is 0 Å². The van der Waals surface area contributed by atoms with E-state index in [4.69, 9.17) is 11.6 Å². The number of rotatable bonds is 3. The Balaban J connectivity index is 3.58. The fourth-order valence-corrected chi connectivity index (χ4v) is 0.943. The predicted molar refractivity (Wildman–Crippen MR) is 40.8 cm³/mol. The molecule has 0 amide bonds. The van der Waals surface area contributed by atoms with Crippen LogP contribution in [0.1, 0.15) is 27.2 Å². The van der Waals surface area contributed by atoms with Crippen LogP contribution in [0.2, 0.25) is 0 Å². The van der Waals surface area contributed by atoms with E-state index < -0.39 is 0 Å². The SMILES string of the molecule is CCC(C)C(O)C(C)Cl. The normalized spacial score (nSPS) is 21.0. The van der Waals surface area contributed by atoms with Crippen LogP contribution in [0.4, 0.5) is 0 Å². The Bertz CT molecular complexity index is 73.3. The summed E-state index contributed by atoms with van der Waals surface area (Å²) in [5.41, 5.74) is 0. The van der Waals surface area contributed by atoms with Gasteiger partial charge in [-0.15, -0.1) is 11.6 Å². The van der Waals surface area contributed by atoms with Crippen molar-refractivity contribution >= 4 is 11.6 Å². The van der Waals surface area contributed by atoms with Crippen molar-refractivity contribution in [3.63, 3.8) is 0 Å². The second-order valence-electron chi connectivity index (χ2n) is 2.55. The predicted octanol–water partition coefficient (Wildman–Crippen LogP) is 2.02. The lowest BCUT2D eigenvalue weighted by Crippen LogP contribution is -2.25. The molecule has 0 heterocycles. The number of hydrogen-bond donors (Lipinski definition) is 1. The van der Waals surface area contributed by atoms with Crippen molar-refractivity contribution in [3.05, 3.63) is 0 Å². The van der Waals surface area contributed by atoms with E-state index >= 15 is 0 Å². The lowest BCUT2D eigenvalue weighted by molar-refractivity contribution is 0.114. The summed E-state index contributed by atoms with van der Waals surface area (Å²) in [5, 5.41) is 9.14. The molecule has 0 saturated heterocycles. The highest BCUT2D eigenvalue weighted by molar-refractivity contribution is 6.20. The van der Waals surface area contributed by atoms with Crippen molar-refractivity contribution in [1.82, 2.24) is 0 Å². The van der Waals surface area contributed by atoms with Crippen LogP contribution in [-0.4, -0.2) is 16.6 Å². The first-order valence-electron chi connectivity index (χ1n) is 3.41. The fraction of sp³-hybridized carbons (Fsp3) is 1.00. The molecule has 0 aliphatic rings. The maximum Gasteiger partial charge on any atom is 0.0726 e. The number of alkyl halides is 1. The molecule has 2 heteroatoms. The van der Waals surface area contributed by atoms with E-state index in [9.17, 15) is 5.11 Å². The second kappa shape index (κ2) is 4.13. The van der Waals surface area contributed by atoms with Gasteiger partial charge in [0.15, 0.2) is 0 Å². The first-order chi connectivity index (χ1) is 4.09. The average molecular weight is 151 g/mol. The van der Waals surface area contributed by atoms with Gasteiger partial charge in [0, 0.05) is 0 Å². The molecule has 0 aliphatic heterocycles. The summed E-state index contributed by atoms with van der Waals surface area (Å²) in [4.78, 5) is 0. The van der Waals surface area contributed by atoms with Gasteiger partial charge in [-0.2, -0.15) is 0 Å². The van der Waals surface area contributed by atoms with E-state index in [1.165, 1.54) is 0 Å². The van der Waals surface area contributed by atoms with Crippen LogP contribution in [0, 0.1) is 5.92 Å². The molecule has 3 unspecified atom stereocenters. The quantitative estimate of drug-likeness (QED) is 0.611. The summed E-state index contributed by atoms with van der Waals surface area (Å²) in [6.07, 6.45) is 0.634. The maximum absolute atomic E-state index is 9.26. The third-order valence-electron chi connectivity index (χ3n) is 1.70. The van der Waals surface area contributed by atoms with Crippen LogP contribution in [-0.2, 0) is 0 Å². The minimum atomic E-state index is -0.350. The molecule has 0 spiro atoms. The third kappa shape index (κ3) is 3.07. The third-order valence-corrected chi connectivity index (χ3v) is 1.96. The molecule has 0 radical (unpaired) electrons. The number of aliphatic hydroxyl groups excluding tert-OH is 1. The molecule has 0 fully saturated rings. The highest BCUT2D eigenvalue weighted by atomic mass is 35.5. The molecule has 1 nitrogen and oxygen atoms in total. The molecule has 0 aliphatic carbocycles. The maximum atomic E-state index is 9.26. The van der Waals surface area contributed by atoms with Gasteiger partial charge in [0.2, 0.25) is 0 Å². The lowest BCUT2D eigenvalue weighted by atomic mass is 10.00. The molecule has 0 saturated carbocycles. The van der Waals surface area contributed by atoms with Gasteiger partial charge in [-0.3, -0.25) is 0 Å². The Hall–Kier alpha value is 0.250. The van der Waals surface area contributed by atoms with Gasteiger partial charge in [0.25, 0.3) is 0 Å². The highest BCUT2D eigenvalue weighted by Crippen LogP contribution is 2.14. The Kier molecular flexibility index (Phi) is 4.24. The molecule has 3 atom stereocenters. The van der Waals surface area contributed by atoms with Crippen LogP contribution in [0.3, 0.4) is 0 Å². The smallest absolute Gasteiger partial charge is 0.0726 e. The zero-order chi connectivity index (χ0) is 7.44. The van der Waals surface area contributed by atoms with Crippen LogP contribution in [0.5, 0.6) is 0 Å². The zero-order valence-corrected chi connectivity index (χ0v) is 7.02. The first-order valence-corrected chi connectivity index (χ1v) is 3.85. The number of aliphatic hydroxyl groups is 1. The van der Waals surface area contributed by atoms with Crippen LogP contribution in [0.25, 0.3) is 0 Å². The number of halogens is 1. The molecule has 0 rings (SSSR count). The standard InChI is InChI=1S/C7H15ClO/c1-4-5(2)7(9)6(3)8/h5-7,9H,4H2,1-3H3. The molecule has 0 aromatic carbocycles. The summed E-state index contributed by atoms with van der Waals surface area (Å²) in [7, 11) is 0. The van der Waals surface area contributed by atoms with Crippen molar-refractivity contribution in [2.24, 2.45) is 5.92 Å². The summed E-state index contributed by atoms with van der Waals surface area (Å²) < 4.78 is 0. The first kappa shape index (κ1) is 9.25. The minimum Gasteiger partial charge on any atom is -0.391 e. The van der Waals surface area contributed by atoms with Gasteiger partial charge in [-0.05, 0) is 12.8 Å². The van der Waals surface area contributed by atoms with Crippen molar-refractivity contribution in [3.8, 4) is 0 Å². The molecule has 1 N–H and O–H groups in total. The molecule has 56 valence electrons. The van der Waals surface area contributed by atoms with Gasteiger partial charge in [-0.1, -0.05) is 20.3 Å². The van der Waals surface area contributed by atoms with Crippen molar-refractivity contribution in [2.75, 3.05) is 0 Å². The molecule has 9 heavy (non-hydrogen) atoms. The molecular weight excluding hydrogens is 136 g/mol. The summed E-state index contributed by atoms with van der Waals surface area (Å²) in [6.45, 7) is 5.87. The van der Waals surface area contributed by atoms with E-state index in [0.29, 0.717) is 5.92 Å². The Morgan fingerprint density at radius 2 is 1.89 bits per heavy atom. The van der Waals surface area contributed by atoms with Gasteiger partial charge < -0.3 is 5.11 Å². The fourth-order valence-electron chi connectivity index (χ4n) is 0.694. The van der Waals surface area contributed by atoms with E-state index in [-0.39, 0.29) is 11.5 Å². The molecule has 0 aromatic rings. The Morgan fingerprint density at radius 1 is 1.44 bits per heavy atom. The monoisotopic (exact) mass is 150 g/mol. The second-order valence-corrected chi connectivity index (χ2v) is 3.24. The van der Waals surface area contributed by atoms with E-state index in [0.717, 1.165) is 6.42 Å². The van der Waals surface area contributed by atoms with Crippen LogP contribution >= 0.6 is 11.6 Å². The molecular formula is C7H15ClO. The summed E-state index contributed by atoms with van der Waals surface area (Å²) >= 11 is 5.65. The van der Waals surface area contributed by atoms with Crippen molar-refractivity contribution < 1.29 is 5.11 Å². The number of hydrogen-bond acceptors (Lipinski definition) is 1. The van der Waals surface area contributed by atoms with Gasteiger partial charge >= 0.3 is 0 Å². The van der Waals surface area contributed by atoms with Gasteiger partial charge in [0.1, 0.15) is 0 Å². The van der Waals surface area contributed by atoms with E-state index in [2.05, 4.69) is 0 Å². The van der Waals surface area contributed by atoms with Crippen LogP contribution in [0.15, 0.2) is 0 Å². The van der Waals surface area contributed by atoms with Crippen molar-refractivity contribution in [1.29, 1.82) is 0 Å². The van der Waals surface area contributed by atoms with Gasteiger partial charge in [-0.25, -0.2) is 0 Å². The zero-order valence-electron chi connectivity index (χ0n) is 6.26. The molecule has 0 bridgehead atoms. The van der Waals surface area contributed by atoms with Gasteiger partial charge in [0.05, 0.1) is 11.5 Å².